The summed E-state index contributed by atoms with van der Waals surface area (Å²) >= 11 is 0. The Kier molecular flexibility index (Phi) is 12.4. The molecule has 0 N–H and O–H groups in total. The SMILES string of the molecule is CCOc1ccc(/C=C/C(=O)N(CCN(Cc2ccccc2)C(=O)/C=C/c2ccc(OCC)cc2)Cc2ccccc2)cc1. The fourth-order valence-electron chi connectivity index (χ4n) is 4.61. The zero-order valence-corrected chi connectivity index (χ0v) is 25.5. The number of rotatable bonds is 15. The van der Waals surface area contributed by atoms with Gasteiger partial charge in [0.05, 0.1) is 13.2 Å². The third-order valence-corrected chi connectivity index (χ3v) is 6.91. The van der Waals surface area contributed by atoms with Gasteiger partial charge in [-0.2, -0.15) is 0 Å². The highest BCUT2D eigenvalue weighted by Gasteiger charge is 2.17. The third-order valence-electron chi connectivity index (χ3n) is 6.91. The van der Waals surface area contributed by atoms with E-state index in [0.717, 1.165) is 33.8 Å². The number of hydrogen-bond donors (Lipinski definition) is 0. The van der Waals surface area contributed by atoms with Gasteiger partial charge >= 0.3 is 0 Å². The van der Waals surface area contributed by atoms with Gasteiger partial charge in [-0.1, -0.05) is 84.9 Å². The molecular weight excluding hydrogens is 548 g/mol. The van der Waals surface area contributed by atoms with Crippen LogP contribution in [0.15, 0.2) is 121 Å². The number of ether oxygens (including phenoxy) is 2. The van der Waals surface area contributed by atoms with Crippen molar-refractivity contribution in [1.82, 2.24) is 9.80 Å². The lowest BCUT2D eigenvalue weighted by molar-refractivity contribution is -0.130. The fourth-order valence-corrected chi connectivity index (χ4v) is 4.61. The topological polar surface area (TPSA) is 59.1 Å². The average Bonchev–Trinajstić information content (AvgIpc) is 3.06. The van der Waals surface area contributed by atoms with Gasteiger partial charge in [-0.15, -0.1) is 0 Å². The molecule has 0 saturated heterocycles. The van der Waals surface area contributed by atoms with E-state index in [4.69, 9.17) is 9.47 Å². The molecule has 0 atom stereocenters. The number of hydrogen-bond acceptors (Lipinski definition) is 4. The first kappa shape index (κ1) is 31.8. The van der Waals surface area contributed by atoms with Crippen molar-refractivity contribution in [3.05, 3.63) is 144 Å². The Hall–Kier alpha value is -5.10. The molecule has 0 spiro atoms. The maximum absolute atomic E-state index is 13.5. The van der Waals surface area contributed by atoms with Gasteiger partial charge in [0.2, 0.25) is 11.8 Å². The summed E-state index contributed by atoms with van der Waals surface area (Å²) in [6.07, 6.45) is 6.80. The van der Waals surface area contributed by atoms with E-state index in [-0.39, 0.29) is 11.8 Å². The van der Waals surface area contributed by atoms with Crippen LogP contribution in [-0.2, 0) is 22.7 Å². The molecule has 4 rings (SSSR count). The molecular formula is C38H40N2O4. The normalized spacial score (nSPS) is 11.0. The van der Waals surface area contributed by atoms with Crippen LogP contribution in [0.1, 0.15) is 36.1 Å². The summed E-state index contributed by atoms with van der Waals surface area (Å²) in [5, 5.41) is 0. The standard InChI is InChI=1S/C38H40N2O4/c1-3-43-35-21-15-31(16-22-35)19-25-37(41)39(29-33-11-7-5-8-12-33)27-28-40(30-34-13-9-6-10-14-34)38(42)26-20-32-17-23-36(24-18-32)44-4-2/h5-26H,3-4,27-30H2,1-2H3/b25-19+,26-20+. The van der Waals surface area contributed by atoms with Gasteiger partial charge < -0.3 is 19.3 Å². The summed E-state index contributed by atoms with van der Waals surface area (Å²) in [5.74, 6) is 1.34. The molecule has 0 aliphatic rings. The minimum absolute atomic E-state index is 0.125. The molecule has 44 heavy (non-hydrogen) atoms. The smallest absolute Gasteiger partial charge is 0.246 e. The highest BCUT2D eigenvalue weighted by molar-refractivity contribution is 5.93. The molecule has 0 radical (unpaired) electrons. The van der Waals surface area contributed by atoms with Crippen molar-refractivity contribution in [2.75, 3.05) is 26.3 Å². The predicted molar refractivity (Wildman–Crippen MR) is 177 cm³/mol. The molecule has 0 aromatic heterocycles. The number of nitrogens with zero attached hydrogens (tertiary/aromatic N) is 2. The zero-order valence-electron chi connectivity index (χ0n) is 25.5. The van der Waals surface area contributed by atoms with Crippen molar-refractivity contribution in [2.24, 2.45) is 0 Å². The van der Waals surface area contributed by atoms with Crippen molar-refractivity contribution < 1.29 is 19.1 Å². The Morgan fingerprint density at radius 2 is 0.909 bits per heavy atom. The minimum atomic E-state index is -0.125. The monoisotopic (exact) mass is 588 g/mol. The molecule has 0 unspecified atom stereocenters. The summed E-state index contributed by atoms with van der Waals surface area (Å²) < 4.78 is 11.0. The quantitative estimate of drug-likeness (QED) is 0.137. The van der Waals surface area contributed by atoms with Gasteiger partial charge in [-0.05, 0) is 72.5 Å². The maximum atomic E-state index is 13.5. The van der Waals surface area contributed by atoms with Gasteiger partial charge in [0.15, 0.2) is 0 Å². The summed E-state index contributed by atoms with van der Waals surface area (Å²) in [4.78, 5) is 30.6. The molecule has 0 aliphatic carbocycles. The summed E-state index contributed by atoms with van der Waals surface area (Å²) in [6.45, 7) is 6.70. The Labute approximate surface area is 260 Å². The highest BCUT2D eigenvalue weighted by Crippen LogP contribution is 2.16. The lowest BCUT2D eigenvalue weighted by Gasteiger charge is -2.27. The van der Waals surface area contributed by atoms with Gasteiger partial charge in [0.1, 0.15) is 11.5 Å². The number of carbonyl (C=O) groups excluding carboxylic acids is 2. The van der Waals surface area contributed by atoms with Gasteiger partial charge in [-0.3, -0.25) is 9.59 Å². The summed E-state index contributed by atoms with van der Waals surface area (Å²) in [7, 11) is 0. The Bertz CT molecular complexity index is 1380. The lowest BCUT2D eigenvalue weighted by atomic mass is 10.1. The van der Waals surface area contributed by atoms with Crippen molar-refractivity contribution in [1.29, 1.82) is 0 Å². The van der Waals surface area contributed by atoms with E-state index < -0.39 is 0 Å². The van der Waals surface area contributed by atoms with Crippen LogP contribution in [0.4, 0.5) is 0 Å². The van der Waals surface area contributed by atoms with Crippen LogP contribution in [0.2, 0.25) is 0 Å². The molecule has 4 aromatic carbocycles. The van der Waals surface area contributed by atoms with Crippen LogP contribution in [-0.4, -0.2) is 47.9 Å². The summed E-state index contributed by atoms with van der Waals surface area (Å²) in [6, 6.07) is 35.0. The molecule has 4 aromatic rings. The van der Waals surface area contributed by atoms with Crippen LogP contribution >= 0.6 is 0 Å². The van der Waals surface area contributed by atoms with E-state index in [1.54, 1.807) is 22.0 Å². The Morgan fingerprint density at radius 1 is 0.545 bits per heavy atom. The second-order valence-electron chi connectivity index (χ2n) is 10.2. The molecule has 2 amide bonds. The van der Waals surface area contributed by atoms with Crippen LogP contribution in [0.3, 0.4) is 0 Å². The van der Waals surface area contributed by atoms with Crippen molar-refractivity contribution >= 4 is 24.0 Å². The first-order chi connectivity index (χ1) is 21.5. The molecule has 0 fully saturated rings. The fraction of sp³-hybridized carbons (Fsp3) is 0.211. The van der Waals surface area contributed by atoms with Crippen LogP contribution in [0.5, 0.6) is 11.5 Å². The Morgan fingerprint density at radius 3 is 1.25 bits per heavy atom. The largest absolute Gasteiger partial charge is 0.494 e. The zero-order chi connectivity index (χ0) is 31.0. The van der Waals surface area contributed by atoms with Crippen LogP contribution in [0, 0.1) is 0 Å². The van der Waals surface area contributed by atoms with E-state index in [0.29, 0.717) is 39.4 Å². The van der Waals surface area contributed by atoms with E-state index in [9.17, 15) is 9.59 Å². The molecule has 0 saturated carbocycles. The maximum Gasteiger partial charge on any atom is 0.246 e. The van der Waals surface area contributed by atoms with Gasteiger partial charge in [0, 0.05) is 38.3 Å². The van der Waals surface area contributed by atoms with Crippen molar-refractivity contribution in [2.45, 2.75) is 26.9 Å². The second-order valence-corrected chi connectivity index (χ2v) is 10.2. The minimum Gasteiger partial charge on any atom is -0.494 e. The van der Waals surface area contributed by atoms with E-state index in [2.05, 4.69) is 0 Å². The first-order valence-corrected chi connectivity index (χ1v) is 15.0. The molecule has 6 heteroatoms. The first-order valence-electron chi connectivity index (χ1n) is 15.0. The second kappa shape index (κ2) is 17.1. The number of carbonyl (C=O) groups is 2. The molecule has 226 valence electrons. The molecule has 6 nitrogen and oxygen atoms in total. The van der Waals surface area contributed by atoms with Crippen LogP contribution in [0.25, 0.3) is 12.2 Å². The molecule has 0 bridgehead atoms. The van der Waals surface area contributed by atoms with Crippen LogP contribution < -0.4 is 9.47 Å². The van der Waals surface area contributed by atoms with Crippen molar-refractivity contribution in [3.63, 3.8) is 0 Å². The van der Waals surface area contributed by atoms with Crippen molar-refractivity contribution in [3.8, 4) is 11.5 Å². The molecule has 0 heterocycles. The van der Waals surface area contributed by atoms with E-state index >= 15 is 0 Å². The van der Waals surface area contributed by atoms with E-state index in [1.165, 1.54) is 0 Å². The predicted octanol–water partition coefficient (Wildman–Crippen LogP) is 7.27. The number of amides is 2. The number of benzene rings is 4. The Balaban J connectivity index is 1.50. The van der Waals surface area contributed by atoms with Gasteiger partial charge in [0.25, 0.3) is 0 Å². The lowest BCUT2D eigenvalue weighted by Crippen LogP contribution is -2.39. The van der Waals surface area contributed by atoms with E-state index in [1.807, 2.05) is 135 Å². The average molecular weight is 589 g/mol. The molecule has 0 aliphatic heterocycles. The van der Waals surface area contributed by atoms with Gasteiger partial charge in [-0.25, -0.2) is 0 Å². The summed E-state index contributed by atoms with van der Waals surface area (Å²) in [5.41, 5.74) is 3.85. The third kappa shape index (κ3) is 10.3. The highest BCUT2D eigenvalue weighted by atomic mass is 16.5.